The lowest BCUT2D eigenvalue weighted by atomic mass is 10.1. The van der Waals surface area contributed by atoms with E-state index in [1.165, 1.54) is 11.1 Å². The lowest BCUT2D eigenvalue weighted by Crippen LogP contribution is -2.47. The average molecular weight is 561 g/mol. The van der Waals surface area contributed by atoms with Gasteiger partial charge in [-0.05, 0) is 58.9 Å². The third-order valence-corrected chi connectivity index (χ3v) is 5.11. The Bertz CT molecular complexity index is 696. The third-order valence-electron chi connectivity index (χ3n) is 5.11. The molecule has 1 fully saturated rings. The largest absolute Gasteiger partial charge is 0.444 e. The SMILES string of the molecule is CN=C(NCCc1ccc(C)cc1)N1CCC(OCCCNC(=O)OC(C)(C)C)CC1.I. The fourth-order valence-corrected chi connectivity index (χ4v) is 3.47. The molecule has 182 valence electrons. The summed E-state index contributed by atoms with van der Waals surface area (Å²) < 4.78 is 11.2. The number of alkyl carbamates (subject to hydrolysis) is 1. The monoisotopic (exact) mass is 560 g/mol. The number of likely N-dealkylation sites (tertiary alicyclic amines) is 1. The van der Waals surface area contributed by atoms with E-state index in [9.17, 15) is 4.79 Å². The molecule has 7 nitrogen and oxygen atoms in total. The van der Waals surface area contributed by atoms with Crippen LogP contribution in [0.3, 0.4) is 0 Å². The Hall–Kier alpha value is -1.55. The van der Waals surface area contributed by atoms with Crippen molar-refractivity contribution in [2.75, 3.05) is 39.8 Å². The van der Waals surface area contributed by atoms with E-state index in [1.54, 1.807) is 0 Å². The highest BCUT2D eigenvalue weighted by Crippen LogP contribution is 2.14. The van der Waals surface area contributed by atoms with Crippen LogP contribution in [-0.2, 0) is 15.9 Å². The topological polar surface area (TPSA) is 75.2 Å². The van der Waals surface area contributed by atoms with Gasteiger partial charge in [-0.3, -0.25) is 4.99 Å². The summed E-state index contributed by atoms with van der Waals surface area (Å²) in [6, 6.07) is 8.68. The number of rotatable bonds is 8. The average Bonchev–Trinajstić information content (AvgIpc) is 2.72. The Morgan fingerprint density at radius 1 is 1.12 bits per heavy atom. The molecule has 0 spiro atoms. The highest BCUT2D eigenvalue weighted by atomic mass is 127. The van der Waals surface area contributed by atoms with Gasteiger partial charge >= 0.3 is 6.09 Å². The van der Waals surface area contributed by atoms with Gasteiger partial charge in [-0.1, -0.05) is 29.8 Å². The molecule has 0 saturated carbocycles. The zero-order chi connectivity index (χ0) is 22.7. The van der Waals surface area contributed by atoms with E-state index in [2.05, 4.69) is 51.7 Å². The molecule has 1 saturated heterocycles. The van der Waals surface area contributed by atoms with Crippen LogP contribution >= 0.6 is 24.0 Å². The number of halogens is 1. The van der Waals surface area contributed by atoms with Gasteiger partial charge in [0.15, 0.2) is 5.96 Å². The number of carbonyl (C=O) groups excluding carboxylic acids is 1. The number of ether oxygens (including phenoxy) is 2. The number of hydrogen-bond acceptors (Lipinski definition) is 4. The number of amides is 1. The summed E-state index contributed by atoms with van der Waals surface area (Å²) >= 11 is 0. The van der Waals surface area contributed by atoms with E-state index in [0.717, 1.165) is 51.3 Å². The number of piperidine rings is 1. The molecule has 1 heterocycles. The first-order valence-corrected chi connectivity index (χ1v) is 11.4. The summed E-state index contributed by atoms with van der Waals surface area (Å²) in [4.78, 5) is 18.4. The maximum absolute atomic E-state index is 11.6. The molecular formula is C24H41IN4O3. The molecule has 1 aliphatic rings. The smallest absolute Gasteiger partial charge is 0.407 e. The van der Waals surface area contributed by atoms with Gasteiger partial charge in [-0.2, -0.15) is 0 Å². The molecule has 1 aromatic carbocycles. The Morgan fingerprint density at radius 3 is 2.38 bits per heavy atom. The van der Waals surface area contributed by atoms with E-state index in [0.29, 0.717) is 13.2 Å². The number of nitrogens with zero attached hydrogens (tertiary/aromatic N) is 2. The lowest BCUT2D eigenvalue weighted by Gasteiger charge is -2.34. The Kier molecular flexibility index (Phi) is 13.0. The molecule has 0 aliphatic carbocycles. The van der Waals surface area contributed by atoms with E-state index >= 15 is 0 Å². The van der Waals surface area contributed by atoms with Gasteiger partial charge in [0.05, 0.1) is 6.10 Å². The fraction of sp³-hybridized carbons (Fsp3) is 0.667. The first-order valence-electron chi connectivity index (χ1n) is 11.4. The van der Waals surface area contributed by atoms with Crippen LogP contribution in [0.5, 0.6) is 0 Å². The molecule has 2 N–H and O–H groups in total. The Balaban J connectivity index is 0.00000512. The van der Waals surface area contributed by atoms with Crippen molar-refractivity contribution >= 4 is 36.0 Å². The van der Waals surface area contributed by atoms with Gasteiger partial charge in [0, 0.05) is 39.8 Å². The van der Waals surface area contributed by atoms with Crippen LogP contribution in [0.15, 0.2) is 29.3 Å². The van der Waals surface area contributed by atoms with E-state index < -0.39 is 5.60 Å². The molecule has 2 rings (SSSR count). The molecule has 0 radical (unpaired) electrons. The van der Waals surface area contributed by atoms with Gasteiger partial charge in [-0.25, -0.2) is 4.79 Å². The third kappa shape index (κ3) is 11.4. The molecule has 8 heteroatoms. The second-order valence-corrected chi connectivity index (χ2v) is 9.05. The van der Waals surface area contributed by atoms with Crippen molar-refractivity contribution in [3.05, 3.63) is 35.4 Å². The van der Waals surface area contributed by atoms with Crippen molar-refractivity contribution in [3.8, 4) is 0 Å². The predicted molar refractivity (Wildman–Crippen MR) is 141 cm³/mol. The van der Waals surface area contributed by atoms with E-state index in [4.69, 9.17) is 9.47 Å². The van der Waals surface area contributed by atoms with Crippen LogP contribution in [0.1, 0.15) is 51.2 Å². The van der Waals surface area contributed by atoms with Crippen LogP contribution in [0, 0.1) is 6.92 Å². The summed E-state index contributed by atoms with van der Waals surface area (Å²) in [6.07, 6.45) is 3.62. The van der Waals surface area contributed by atoms with Crippen LogP contribution < -0.4 is 10.6 Å². The zero-order valence-corrected chi connectivity index (χ0v) is 22.6. The van der Waals surface area contributed by atoms with Gasteiger partial charge in [-0.15, -0.1) is 24.0 Å². The van der Waals surface area contributed by atoms with Crippen molar-refractivity contribution in [2.24, 2.45) is 4.99 Å². The van der Waals surface area contributed by atoms with Gasteiger partial charge in [0.1, 0.15) is 5.60 Å². The molecule has 0 bridgehead atoms. The quantitative estimate of drug-likeness (QED) is 0.217. The molecular weight excluding hydrogens is 519 g/mol. The number of aliphatic imine (C=N–C) groups is 1. The number of nitrogens with one attached hydrogen (secondary N) is 2. The van der Waals surface area contributed by atoms with Crippen LogP contribution in [-0.4, -0.2) is 68.5 Å². The van der Waals surface area contributed by atoms with Gasteiger partial charge in [0.25, 0.3) is 0 Å². The summed E-state index contributed by atoms with van der Waals surface area (Å²) in [6.45, 7) is 11.6. The predicted octanol–water partition coefficient (Wildman–Crippen LogP) is 4.13. The minimum Gasteiger partial charge on any atom is -0.444 e. The zero-order valence-electron chi connectivity index (χ0n) is 20.3. The standard InChI is InChI=1S/C24H40N4O3.HI/c1-19-7-9-20(10-8-19)11-15-26-22(25-5)28-16-12-21(13-17-28)30-18-6-14-27-23(29)31-24(2,3)4;/h7-10,21H,6,11-18H2,1-5H3,(H,25,26)(H,27,29);1H. The highest BCUT2D eigenvalue weighted by molar-refractivity contribution is 14.0. The normalized spacial score (nSPS) is 15.2. The van der Waals surface area contributed by atoms with Crippen molar-refractivity contribution < 1.29 is 14.3 Å². The number of carbonyl (C=O) groups is 1. The van der Waals surface area contributed by atoms with Gasteiger partial charge in [0.2, 0.25) is 0 Å². The maximum Gasteiger partial charge on any atom is 0.407 e. The first-order chi connectivity index (χ1) is 14.8. The molecule has 32 heavy (non-hydrogen) atoms. The van der Waals surface area contributed by atoms with E-state index in [-0.39, 0.29) is 36.2 Å². The molecule has 0 aromatic heterocycles. The van der Waals surface area contributed by atoms with Crippen molar-refractivity contribution in [3.63, 3.8) is 0 Å². The minimum atomic E-state index is -0.468. The second-order valence-electron chi connectivity index (χ2n) is 9.05. The highest BCUT2D eigenvalue weighted by Gasteiger charge is 2.22. The van der Waals surface area contributed by atoms with Gasteiger partial charge < -0.3 is 25.0 Å². The summed E-state index contributed by atoms with van der Waals surface area (Å²) in [5.41, 5.74) is 2.16. The van der Waals surface area contributed by atoms with Crippen LogP contribution in [0.2, 0.25) is 0 Å². The molecule has 0 atom stereocenters. The number of hydrogen-bond donors (Lipinski definition) is 2. The van der Waals surface area contributed by atoms with Crippen molar-refractivity contribution in [2.45, 2.75) is 65.1 Å². The second kappa shape index (κ2) is 14.6. The number of guanidine groups is 1. The summed E-state index contributed by atoms with van der Waals surface area (Å²) in [5.74, 6) is 0.965. The first kappa shape index (κ1) is 28.5. The summed E-state index contributed by atoms with van der Waals surface area (Å²) in [5, 5.41) is 6.25. The van der Waals surface area contributed by atoms with E-state index in [1.807, 2.05) is 27.8 Å². The van der Waals surface area contributed by atoms with Crippen molar-refractivity contribution in [1.29, 1.82) is 0 Å². The van der Waals surface area contributed by atoms with Crippen molar-refractivity contribution in [1.82, 2.24) is 15.5 Å². The molecule has 1 aliphatic heterocycles. The summed E-state index contributed by atoms with van der Waals surface area (Å²) in [7, 11) is 1.84. The maximum atomic E-state index is 11.6. The Labute approximate surface area is 210 Å². The Morgan fingerprint density at radius 2 is 1.78 bits per heavy atom. The van der Waals surface area contributed by atoms with Crippen LogP contribution in [0.4, 0.5) is 4.79 Å². The van der Waals surface area contributed by atoms with Crippen LogP contribution in [0.25, 0.3) is 0 Å². The molecule has 1 aromatic rings. The molecule has 0 unspecified atom stereocenters. The number of aryl methyl sites for hydroxylation is 1. The fourth-order valence-electron chi connectivity index (χ4n) is 3.47. The molecule has 1 amide bonds. The number of benzene rings is 1. The lowest BCUT2D eigenvalue weighted by molar-refractivity contribution is 0.0170. The minimum absolute atomic E-state index is 0.